The monoisotopic (exact) mass is 341 g/mol. The van der Waals surface area contributed by atoms with Crippen molar-refractivity contribution < 1.29 is 14.5 Å². The molecule has 132 valence electrons. The van der Waals surface area contributed by atoms with Crippen LogP contribution in [0.1, 0.15) is 44.6 Å². The van der Waals surface area contributed by atoms with Gasteiger partial charge in [0.1, 0.15) is 0 Å². The van der Waals surface area contributed by atoms with Gasteiger partial charge in [0.15, 0.2) is 0 Å². The van der Waals surface area contributed by atoms with Gasteiger partial charge >= 0.3 is 0 Å². The summed E-state index contributed by atoms with van der Waals surface area (Å²) in [6.45, 7) is 4.31. The number of hydrogen-bond donors (Lipinski definition) is 0. The van der Waals surface area contributed by atoms with Crippen molar-refractivity contribution in [3.05, 3.63) is 39.9 Å². The zero-order valence-corrected chi connectivity index (χ0v) is 14.6. The van der Waals surface area contributed by atoms with E-state index in [0.717, 1.165) is 24.8 Å². The number of hydrogen-bond acceptors (Lipinski definition) is 4. The molecule has 7 unspecified atom stereocenters. The summed E-state index contributed by atoms with van der Waals surface area (Å²) in [5.41, 5.74) is 0.892. The molecule has 0 spiro atoms. The van der Waals surface area contributed by atoms with E-state index in [2.05, 4.69) is 13.8 Å². The molecule has 0 bridgehead atoms. The van der Waals surface area contributed by atoms with Gasteiger partial charge in [0.25, 0.3) is 5.69 Å². The molecule has 1 aromatic carbocycles. The van der Waals surface area contributed by atoms with E-state index in [0.29, 0.717) is 11.8 Å². The molecule has 3 aliphatic carbocycles. The van der Waals surface area contributed by atoms with Crippen LogP contribution in [0, 0.1) is 45.6 Å². The number of Topliss-reactive ketones (excluding diaryl/α,β-unsaturated/α-hetero) is 2. The Bertz CT molecular complexity index is 758. The number of ketones is 2. The summed E-state index contributed by atoms with van der Waals surface area (Å²) in [4.78, 5) is 36.2. The molecular weight excluding hydrogens is 318 g/mol. The Balaban J connectivity index is 1.77. The van der Waals surface area contributed by atoms with E-state index in [1.54, 1.807) is 12.1 Å². The van der Waals surface area contributed by atoms with Gasteiger partial charge in [0, 0.05) is 24.0 Å². The highest BCUT2D eigenvalue weighted by molar-refractivity contribution is 6.41. The van der Waals surface area contributed by atoms with Crippen molar-refractivity contribution in [2.45, 2.75) is 39.0 Å². The van der Waals surface area contributed by atoms with Gasteiger partial charge < -0.3 is 0 Å². The van der Waals surface area contributed by atoms with Crippen molar-refractivity contribution in [1.29, 1.82) is 0 Å². The highest BCUT2D eigenvalue weighted by atomic mass is 16.6. The Labute approximate surface area is 146 Å². The number of carbonyl (C=O) groups is 2. The lowest BCUT2D eigenvalue weighted by atomic mass is 9.55. The summed E-state index contributed by atoms with van der Waals surface area (Å²) in [7, 11) is 0. The number of benzene rings is 1. The smallest absolute Gasteiger partial charge is 0.269 e. The van der Waals surface area contributed by atoms with Crippen molar-refractivity contribution >= 4 is 17.3 Å². The van der Waals surface area contributed by atoms with Gasteiger partial charge in [-0.2, -0.15) is 0 Å². The number of carbonyl (C=O) groups excluding carboxylic acids is 2. The molecule has 5 heteroatoms. The SMILES string of the molecule is CC1CC2CC(C)C(c3cccc([N+](=O)[O-])c3)C3C(=O)C(=O)C(C1)C23. The predicted molar refractivity (Wildman–Crippen MR) is 92.0 cm³/mol. The highest BCUT2D eigenvalue weighted by Gasteiger charge is 2.60. The quantitative estimate of drug-likeness (QED) is 0.466. The van der Waals surface area contributed by atoms with E-state index in [9.17, 15) is 19.7 Å². The van der Waals surface area contributed by atoms with Gasteiger partial charge in [-0.05, 0) is 54.4 Å². The van der Waals surface area contributed by atoms with Crippen LogP contribution in [0.2, 0.25) is 0 Å². The number of nitro benzene ring substituents is 1. The molecule has 0 aliphatic heterocycles. The van der Waals surface area contributed by atoms with Gasteiger partial charge in [-0.1, -0.05) is 26.0 Å². The van der Waals surface area contributed by atoms with E-state index in [4.69, 9.17) is 0 Å². The molecule has 3 fully saturated rings. The Kier molecular flexibility index (Phi) is 3.78. The second-order valence-electron chi connectivity index (χ2n) is 8.37. The summed E-state index contributed by atoms with van der Waals surface area (Å²) >= 11 is 0. The summed E-state index contributed by atoms with van der Waals surface area (Å²) in [5.74, 6) is 0.387. The zero-order chi connectivity index (χ0) is 17.9. The highest BCUT2D eigenvalue weighted by Crippen LogP contribution is 2.59. The summed E-state index contributed by atoms with van der Waals surface area (Å²) < 4.78 is 0. The molecule has 0 amide bonds. The summed E-state index contributed by atoms with van der Waals surface area (Å²) in [6, 6.07) is 6.64. The van der Waals surface area contributed by atoms with Crippen molar-refractivity contribution in [3.8, 4) is 0 Å². The second-order valence-corrected chi connectivity index (χ2v) is 8.37. The molecule has 3 saturated carbocycles. The first kappa shape index (κ1) is 16.4. The molecule has 0 heterocycles. The van der Waals surface area contributed by atoms with E-state index >= 15 is 0 Å². The van der Waals surface area contributed by atoms with Gasteiger partial charge in [-0.3, -0.25) is 19.7 Å². The van der Waals surface area contributed by atoms with Gasteiger partial charge in [-0.15, -0.1) is 0 Å². The van der Waals surface area contributed by atoms with E-state index < -0.39 is 4.92 Å². The lowest BCUT2D eigenvalue weighted by molar-refractivity contribution is -0.385. The predicted octanol–water partition coefficient (Wildman–Crippen LogP) is 3.76. The van der Waals surface area contributed by atoms with Crippen molar-refractivity contribution in [2.75, 3.05) is 0 Å². The minimum absolute atomic E-state index is 0.0532. The van der Waals surface area contributed by atoms with Crippen LogP contribution in [0.15, 0.2) is 24.3 Å². The summed E-state index contributed by atoms with van der Waals surface area (Å²) in [6.07, 6.45) is 2.90. The Morgan fingerprint density at radius 1 is 1.04 bits per heavy atom. The fourth-order valence-electron chi connectivity index (χ4n) is 6.05. The first-order valence-corrected chi connectivity index (χ1v) is 9.21. The van der Waals surface area contributed by atoms with Crippen LogP contribution in [0.5, 0.6) is 0 Å². The van der Waals surface area contributed by atoms with Gasteiger partial charge in [-0.25, -0.2) is 0 Å². The third-order valence-corrected chi connectivity index (χ3v) is 6.81. The van der Waals surface area contributed by atoms with Crippen LogP contribution in [0.25, 0.3) is 0 Å². The summed E-state index contributed by atoms with van der Waals surface area (Å²) in [5, 5.41) is 11.1. The van der Waals surface area contributed by atoms with Crippen LogP contribution >= 0.6 is 0 Å². The Morgan fingerprint density at radius 2 is 1.80 bits per heavy atom. The maximum Gasteiger partial charge on any atom is 0.269 e. The van der Waals surface area contributed by atoms with Gasteiger partial charge in [0.05, 0.1) is 4.92 Å². The zero-order valence-electron chi connectivity index (χ0n) is 14.6. The molecule has 0 N–H and O–H groups in total. The fraction of sp³-hybridized carbons (Fsp3) is 0.600. The number of nitrogens with zero attached hydrogens (tertiary/aromatic N) is 1. The Morgan fingerprint density at radius 3 is 2.52 bits per heavy atom. The minimum atomic E-state index is -0.396. The van der Waals surface area contributed by atoms with Gasteiger partial charge in [0.2, 0.25) is 11.6 Å². The van der Waals surface area contributed by atoms with Crippen LogP contribution in [-0.4, -0.2) is 16.5 Å². The molecule has 5 nitrogen and oxygen atoms in total. The molecule has 3 aliphatic rings. The lowest BCUT2D eigenvalue weighted by Crippen LogP contribution is -2.42. The third-order valence-electron chi connectivity index (χ3n) is 6.81. The maximum absolute atomic E-state index is 12.9. The second kappa shape index (κ2) is 5.75. The largest absolute Gasteiger partial charge is 0.291 e. The minimum Gasteiger partial charge on any atom is -0.291 e. The average Bonchev–Trinajstić information content (AvgIpc) is 2.81. The molecule has 0 radical (unpaired) electrons. The molecular formula is C20H23NO4. The topological polar surface area (TPSA) is 77.3 Å². The van der Waals surface area contributed by atoms with Crippen LogP contribution in [0.4, 0.5) is 5.69 Å². The molecule has 25 heavy (non-hydrogen) atoms. The number of nitro groups is 1. The molecule has 0 aromatic heterocycles. The molecule has 0 saturated heterocycles. The van der Waals surface area contributed by atoms with Crippen molar-refractivity contribution in [1.82, 2.24) is 0 Å². The van der Waals surface area contributed by atoms with Crippen molar-refractivity contribution in [3.63, 3.8) is 0 Å². The lowest BCUT2D eigenvalue weighted by Gasteiger charge is -2.47. The molecule has 4 rings (SSSR count). The third kappa shape index (κ3) is 2.43. The van der Waals surface area contributed by atoms with E-state index in [1.807, 2.05) is 6.07 Å². The first-order valence-electron chi connectivity index (χ1n) is 9.21. The molecule has 7 atom stereocenters. The van der Waals surface area contributed by atoms with Crippen LogP contribution in [-0.2, 0) is 9.59 Å². The normalized spacial score (nSPS) is 40.0. The van der Waals surface area contributed by atoms with E-state index in [-0.39, 0.29) is 46.8 Å². The maximum atomic E-state index is 12.9. The fourth-order valence-corrected chi connectivity index (χ4v) is 6.05. The van der Waals surface area contributed by atoms with Crippen LogP contribution < -0.4 is 0 Å². The van der Waals surface area contributed by atoms with Crippen LogP contribution in [0.3, 0.4) is 0 Å². The van der Waals surface area contributed by atoms with Crippen molar-refractivity contribution in [2.24, 2.45) is 35.5 Å². The average molecular weight is 341 g/mol. The molecule has 1 aromatic rings. The number of rotatable bonds is 2. The Hall–Kier alpha value is -2.04. The number of non-ortho nitro benzene ring substituents is 1. The van der Waals surface area contributed by atoms with E-state index in [1.165, 1.54) is 6.07 Å². The standard InChI is InChI=1S/C20H23NO4/c1-10-6-13-8-11(2)16(12-4-3-5-14(9-12)21(24)25)18-17(13)15(7-10)19(22)20(18)23/h3-5,9-11,13,15-18H,6-8H2,1-2H3. The first-order chi connectivity index (χ1) is 11.9.